The Morgan fingerprint density at radius 1 is 1.50 bits per heavy atom. The van der Waals surface area contributed by atoms with E-state index in [0.717, 1.165) is 17.4 Å². The smallest absolute Gasteiger partial charge is 0.270 e. The zero-order valence-corrected chi connectivity index (χ0v) is 13.8. The molecule has 0 aromatic carbocycles. The molecule has 126 valence electrons. The van der Waals surface area contributed by atoms with Crippen molar-refractivity contribution in [1.29, 1.82) is 5.26 Å². The van der Waals surface area contributed by atoms with Crippen LogP contribution in [0.3, 0.4) is 0 Å². The highest BCUT2D eigenvalue weighted by Gasteiger charge is 2.30. The normalized spacial score (nSPS) is 14.6. The van der Waals surface area contributed by atoms with E-state index >= 15 is 0 Å². The number of aromatic hydroxyl groups is 1. The summed E-state index contributed by atoms with van der Waals surface area (Å²) in [6.45, 7) is 6.17. The number of nitrogens with one attached hydrogen (secondary N) is 1. The first-order valence-corrected chi connectivity index (χ1v) is 7.78. The molecule has 3 rings (SSSR count). The molecule has 0 atom stereocenters. The monoisotopic (exact) mass is 329 g/mol. The number of rotatable bonds is 3. The van der Waals surface area contributed by atoms with Crippen molar-refractivity contribution in [1.82, 2.24) is 19.5 Å². The minimum Gasteiger partial charge on any atom is -0.492 e. The molecule has 1 aliphatic rings. The zero-order valence-electron chi connectivity index (χ0n) is 13.8. The van der Waals surface area contributed by atoms with E-state index in [9.17, 15) is 14.7 Å². The highest BCUT2D eigenvalue weighted by Crippen LogP contribution is 2.23. The molecule has 0 bridgehead atoms. The lowest BCUT2D eigenvalue weighted by molar-refractivity contribution is 0.0944. The lowest BCUT2D eigenvalue weighted by atomic mass is 9.97. The molecule has 0 aliphatic heterocycles. The van der Waals surface area contributed by atoms with Gasteiger partial charge in [0.05, 0.1) is 0 Å². The third-order valence-electron chi connectivity index (χ3n) is 3.74. The number of carbonyl (C=O) groups is 1. The highest BCUT2D eigenvalue weighted by molar-refractivity contribution is 5.96. The van der Waals surface area contributed by atoms with E-state index in [0.29, 0.717) is 6.54 Å². The summed E-state index contributed by atoms with van der Waals surface area (Å²) in [5.74, 6) is -1.15. The van der Waals surface area contributed by atoms with E-state index in [1.165, 1.54) is 10.6 Å². The van der Waals surface area contributed by atoms with Crippen molar-refractivity contribution in [3.05, 3.63) is 27.7 Å². The van der Waals surface area contributed by atoms with Crippen molar-refractivity contribution in [2.45, 2.75) is 46.2 Å². The number of hydrogen-bond donors (Lipinski definition) is 2. The molecule has 1 saturated carbocycles. The Morgan fingerprint density at radius 3 is 2.71 bits per heavy atom. The van der Waals surface area contributed by atoms with Crippen molar-refractivity contribution in [3.63, 3.8) is 0 Å². The summed E-state index contributed by atoms with van der Waals surface area (Å²) < 4.78 is 2.46. The summed E-state index contributed by atoms with van der Waals surface area (Å²) in [7, 11) is 0. The Kier molecular flexibility index (Phi) is 3.59. The summed E-state index contributed by atoms with van der Waals surface area (Å²) in [5.41, 5.74) is -0.828. The molecule has 8 heteroatoms. The molecule has 24 heavy (non-hydrogen) atoms. The lowest BCUT2D eigenvalue weighted by Gasteiger charge is -2.21. The van der Waals surface area contributed by atoms with Crippen LogP contribution in [0.1, 0.15) is 49.7 Å². The van der Waals surface area contributed by atoms with Crippen LogP contribution in [0.15, 0.2) is 10.9 Å². The van der Waals surface area contributed by atoms with Crippen LogP contribution in [0.4, 0.5) is 0 Å². The Labute approximate surface area is 138 Å². The molecule has 0 spiro atoms. The van der Waals surface area contributed by atoms with Gasteiger partial charge < -0.3 is 10.4 Å². The van der Waals surface area contributed by atoms with Crippen LogP contribution in [0.2, 0.25) is 0 Å². The SMILES string of the molecule is CC(C)(C)Cn1c(=O)c(C(=O)NC2CC2)c(O)n2nc(C#N)cc12. The topological polar surface area (TPSA) is 112 Å². The number of nitrogens with zero attached hydrogens (tertiary/aromatic N) is 4. The summed E-state index contributed by atoms with van der Waals surface area (Å²) in [6, 6.07) is 3.36. The summed E-state index contributed by atoms with van der Waals surface area (Å²) in [6.07, 6.45) is 1.73. The molecule has 1 fully saturated rings. The Balaban J connectivity index is 2.25. The van der Waals surface area contributed by atoms with E-state index in [-0.39, 0.29) is 28.4 Å². The van der Waals surface area contributed by atoms with Crippen molar-refractivity contribution in [2.75, 3.05) is 0 Å². The molecule has 0 unspecified atom stereocenters. The van der Waals surface area contributed by atoms with E-state index in [4.69, 9.17) is 5.26 Å². The number of carbonyl (C=O) groups excluding carboxylic acids is 1. The molecular weight excluding hydrogens is 310 g/mol. The van der Waals surface area contributed by atoms with Crippen LogP contribution in [-0.2, 0) is 6.54 Å². The predicted molar refractivity (Wildman–Crippen MR) is 85.8 cm³/mol. The minimum absolute atomic E-state index is 0.0513. The number of aromatic nitrogens is 3. The molecule has 8 nitrogen and oxygen atoms in total. The second-order valence-electron chi connectivity index (χ2n) is 7.31. The zero-order chi connectivity index (χ0) is 17.6. The van der Waals surface area contributed by atoms with Gasteiger partial charge >= 0.3 is 0 Å². The maximum absolute atomic E-state index is 12.8. The number of fused-ring (bicyclic) bond motifs is 1. The minimum atomic E-state index is -0.612. The van der Waals surface area contributed by atoms with Gasteiger partial charge in [-0.05, 0) is 18.3 Å². The van der Waals surface area contributed by atoms with E-state index in [2.05, 4.69) is 10.4 Å². The average molecular weight is 329 g/mol. The second-order valence-corrected chi connectivity index (χ2v) is 7.31. The van der Waals surface area contributed by atoms with Crippen LogP contribution >= 0.6 is 0 Å². The molecule has 0 saturated heterocycles. The predicted octanol–water partition coefficient (Wildman–Crippen LogP) is 1.01. The fraction of sp³-hybridized carbons (Fsp3) is 0.500. The van der Waals surface area contributed by atoms with E-state index in [1.807, 2.05) is 26.8 Å². The Morgan fingerprint density at radius 2 is 2.17 bits per heavy atom. The molecule has 1 amide bonds. The summed E-state index contributed by atoms with van der Waals surface area (Å²) in [4.78, 5) is 25.2. The van der Waals surface area contributed by atoms with Crippen molar-refractivity contribution >= 4 is 11.6 Å². The largest absolute Gasteiger partial charge is 0.492 e. The summed E-state index contributed by atoms with van der Waals surface area (Å²) in [5, 5.41) is 26.1. The second kappa shape index (κ2) is 5.37. The Bertz CT molecular complexity index is 922. The molecule has 2 aromatic heterocycles. The fourth-order valence-corrected chi connectivity index (χ4v) is 2.53. The first-order valence-electron chi connectivity index (χ1n) is 7.78. The quantitative estimate of drug-likeness (QED) is 0.872. The van der Waals surface area contributed by atoms with Gasteiger partial charge in [-0.1, -0.05) is 20.8 Å². The fourth-order valence-electron chi connectivity index (χ4n) is 2.53. The molecule has 0 radical (unpaired) electrons. The van der Waals surface area contributed by atoms with Gasteiger partial charge in [-0.15, -0.1) is 0 Å². The summed E-state index contributed by atoms with van der Waals surface area (Å²) >= 11 is 0. The van der Waals surface area contributed by atoms with Gasteiger partial charge in [0.2, 0.25) is 5.88 Å². The third kappa shape index (κ3) is 2.85. The van der Waals surface area contributed by atoms with Crippen LogP contribution in [0.5, 0.6) is 5.88 Å². The van der Waals surface area contributed by atoms with Crippen molar-refractivity contribution in [2.24, 2.45) is 5.41 Å². The Hall–Kier alpha value is -2.82. The van der Waals surface area contributed by atoms with E-state index in [1.54, 1.807) is 0 Å². The van der Waals surface area contributed by atoms with Gasteiger partial charge in [-0.2, -0.15) is 14.9 Å². The van der Waals surface area contributed by atoms with Crippen LogP contribution < -0.4 is 10.9 Å². The number of amides is 1. The molecule has 1 aliphatic carbocycles. The first kappa shape index (κ1) is 16.1. The van der Waals surface area contributed by atoms with Gasteiger partial charge in [0, 0.05) is 18.7 Å². The number of nitriles is 1. The van der Waals surface area contributed by atoms with Gasteiger partial charge in [0.15, 0.2) is 11.3 Å². The number of hydrogen-bond acceptors (Lipinski definition) is 5. The van der Waals surface area contributed by atoms with Crippen LogP contribution in [0.25, 0.3) is 5.65 Å². The molecule has 2 aromatic rings. The maximum Gasteiger partial charge on any atom is 0.270 e. The first-order chi connectivity index (χ1) is 11.2. The van der Waals surface area contributed by atoms with Gasteiger partial charge in [0.1, 0.15) is 11.7 Å². The average Bonchev–Trinajstić information content (AvgIpc) is 3.17. The van der Waals surface area contributed by atoms with Crippen LogP contribution in [0, 0.1) is 16.7 Å². The van der Waals surface area contributed by atoms with Crippen LogP contribution in [-0.4, -0.2) is 31.2 Å². The standard InChI is InChI=1S/C16H19N5O3/c1-16(2,3)8-20-11-6-10(7-17)19-21(11)15(24)12(14(20)23)13(22)18-9-4-5-9/h6,9,24H,4-5,8H2,1-3H3,(H,18,22). The molecule has 2 N–H and O–H groups in total. The molecular formula is C16H19N5O3. The van der Waals surface area contributed by atoms with E-state index < -0.39 is 17.3 Å². The van der Waals surface area contributed by atoms with Crippen molar-refractivity contribution < 1.29 is 9.90 Å². The maximum atomic E-state index is 12.8. The highest BCUT2D eigenvalue weighted by atomic mass is 16.3. The third-order valence-corrected chi connectivity index (χ3v) is 3.74. The lowest BCUT2D eigenvalue weighted by Crippen LogP contribution is -2.37. The van der Waals surface area contributed by atoms with Gasteiger partial charge in [0.25, 0.3) is 11.5 Å². The van der Waals surface area contributed by atoms with Gasteiger partial charge in [-0.3, -0.25) is 14.2 Å². The molecule has 2 heterocycles. The van der Waals surface area contributed by atoms with Crippen molar-refractivity contribution in [3.8, 4) is 11.9 Å². The van der Waals surface area contributed by atoms with Gasteiger partial charge in [-0.25, -0.2) is 0 Å².